The van der Waals surface area contributed by atoms with Gasteiger partial charge in [-0.2, -0.15) is 0 Å². The summed E-state index contributed by atoms with van der Waals surface area (Å²) in [5.41, 5.74) is 2.02. The topological polar surface area (TPSA) is 72.0 Å². The maximum absolute atomic E-state index is 5.65. The number of aromatic nitrogens is 3. The van der Waals surface area contributed by atoms with Crippen molar-refractivity contribution in [2.75, 3.05) is 17.2 Å². The summed E-state index contributed by atoms with van der Waals surface area (Å²) in [6, 6.07) is 13.6. The lowest BCUT2D eigenvalue weighted by atomic mass is 10.2. The van der Waals surface area contributed by atoms with Crippen LogP contribution in [-0.4, -0.2) is 21.6 Å². The summed E-state index contributed by atoms with van der Waals surface area (Å²) >= 11 is 0. The van der Waals surface area contributed by atoms with Crippen molar-refractivity contribution in [1.29, 1.82) is 0 Å². The predicted octanol–water partition coefficient (Wildman–Crippen LogP) is 3.93. The highest BCUT2D eigenvalue weighted by Crippen LogP contribution is 2.27. The van der Waals surface area contributed by atoms with Crippen molar-refractivity contribution in [1.82, 2.24) is 15.0 Å². The molecule has 0 fully saturated rings. The Balaban J connectivity index is 1.75. The second-order valence-corrected chi connectivity index (χ2v) is 5.45. The molecule has 0 saturated carbocycles. The number of aryl methyl sites for hydroxylation is 1. The fourth-order valence-electron chi connectivity index (χ4n) is 2.40. The Morgan fingerprint density at radius 2 is 1.76 bits per heavy atom. The molecule has 0 saturated heterocycles. The van der Waals surface area contributed by atoms with Gasteiger partial charge in [-0.25, -0.2) is 9.97 Å². The lowest BCUT2D eigenvalue weighted by Crippen LogP contribution is -2.05. The zero-order valence-corrected chi connectivity index (χ0v) is 14.4. The van der Waals surface area contributed by atoms with E-state index in [2.05, 4.69) is 25.6 Å². The van der Waals surface area contributed by atoms with Gasteiger partial charge in [0.05, 0.1) is 12.3 Å². The van der Waals surface area contributed by atoms with Crippen LogP contribution in [0, 0.1) is 6.92 Å². The van der Waals surface area contributed by atoms with Gasteiger partial charge >= 0.3 is 0 Å². The molecule has 0 spiro atoms. The van der Waals surface area contributed by atoms with Crippen LogP contribution in [0.3, 0.4) is 0 Å². The summed E-state index contributed by atoms with van der Waals surface area (Å²) in [5.74, 6) is 2.97. The van der Waals surface area contributed by atoms with Gasteiger partial charge in [0.2, 0.25) is 0 Å². The predicted molar refractivity (Wildman–Crippen MR) is 99.2 cm³/mol. The van der Waals surface area contributed by atoms with Crippen LogP contribution in [-0.2, 0) is 6.54 Å². The van der Waals surface area contributed by atoms with Gasteiger partial charge in [0, 0.05) is 25.0 Å². The second-order valence-electron chi connectivity index (χ2n) is 5.45. The van der Waals surface area contributed by atoms with Crippen LogP contribution in [0.2, 0.25) is 0 Å². The quantitative estimate of drug-likeness (QED) is 0.681. The summed E-state index contributed by atoms with van der Waals surface area (Å²) in [6.07, 6.45) is 3.56. The third-order valence-electron chi connectivity index (χ3n) is 3.51. The third kappa shape index (κ3) is 4.67. The third-order valence-corrected chi connectivity index (χ3v) is 3.51. The molecule has 2 heterocycles. The standard InChI is InChI=1S/C19H21N5O/c1-3-25-17-7-5-4-6-16(17)24-19-12-18(22-14(2)23-19)21-13-15-8-10-20-11-9-15/h4-12H,3,13H2,1-2H3,(H2,21,22,23,24). The number of nitrogens with one attached hydrogen (secondary N) is 2. The number of hydrogen-bond acceptors (Lipinski definition) is 6. The highest BCUT2D eigenvalue weighted by Gasteiger charge is 2.06. The summed E-state index contributed by atoms with van der Waals surface area (Å²) < 4.78 is 5.65. The first-order chi connectivity index (χ1) is 12.2. The second kappa shape index (κ2) is 8.10. The van der Waals surface area contributed by atoms with Crippen molar-refractivity contribution in [2.45, 2.75) is 20.4 Å². The number of pyridine rings is 1. The monoisotopic (exact) mass is 335 g/mol. The minimum Gasteiger partial charge on any atom is -0.492 e. The average Bonchev–Trinajstić information content (AvgIpc) is 2.62. The minimum absolute atomic E-state index is 0.611. The summed E-state index contributed by atoms with van der Waals surface area (Å²) in [4.78, 5) is 12.9. The molecule has 0 aliphatic carbocycles. The van der Waals surface area contributed by atoms with Crippen LogP contribution in [0.1, 0.15) is 18.3 Å². The van der Waals surface area contributed by atoms with E-state index in [4.69, 9.17) is 4.74 Å². The Kier molecular flexibility index (Phi) is 5.41. The van der Waals surface area contributed by atoms with E-state index in [9.17, 15) is 0 Å². The molecule has 6 nitrogen and oxygen atoms in total. The van der Waals surface area contributed by atoms with Crippen LogP contribution < -0.4 is 15.4 Å². The van der Waals surface area contributed by atoms with Gasteiger partial charge < -0.3 is 15.4 Å². The largest absolute Gasteiger partial charge is 0.492 e. The first kappa shape index (κ1) is 16.7. The Morgan fingerprint density at radius 1 is 1.00 bits per heavy atom. The van der Waals surface area contributed by atoms with Crippen molar-refractivity contribution in [3.05, 3.63) is 66.2 Å². The maximum atomic E-state index is 5.65. The molecule has 0 aliphatic rings. The van der Waals surface area contributed by atoms with Gasteiger partial charge in [-0.05, 0) is 43.7 Å². The van der Waals surface area contributed by atoms with E-state index in [0.29, 0.717) is 19.0 Å². The zero-order valence-electron chi connectivity index (χ0n) is 14.4. The first-order valence-electron chi connectivity index (χ1n) is 8.22. The van der Waals surface area contributed by atoms with Crippen molar-refractivity contribution in [3.8, 4) is 5.75 Å². The molecule has 0 aliphatic heterocycles. The highest BCUT2D eigenvalue weighted by atomic mass is 16.5. The van der Waals surface area contributed by atoms with Gasteiger partial charge in [-0.1, -0.05) is 12.1 Å². The van der Waals surface area contributed by atoms with Crippen molar-refractivity contribution < 1.29 is 4.74 Å². The van der Waals surface area contributed by atoms with Crippen molar-refractivity contribution in [2.24, 2.45) is 0 Å². The lowest BCUT2D eigenvalue weighted by Gasteiger charge is -2.13. The summed E-state index contributed by atoms with van der Waals surface area (Å²) in [5, 5.41) is 6.63. The van der Waals surface area contributed by atoms with E-state index in [1.807, 2.05) is 56.3 Å². The van der Waals surface area contributed by atoms with Gasteiger partial charge in [-0.15, -0.1) is 0 Å². The molecule has 0 amide bonds. The number of benzene rings is 1. The normalized spacial score (nSPS) is 10.3. The van der Waals surface area contributed by atoms with Gasteiger partial charge in [0.15, 0.2) is 0 Å². The van der Waals surface area contributed by atoms with E-state index in [1.165, 1.54) is 0 Å². The molecule has 0 radical (unpaired) electrons. The number of anilines is 3. The molecule has 2 N–H and O–H groups in total. The number of nitrogens with zero attached hydrogens (tertiary/aromatic N) is 3. The van der Waals surface area contributed by atoms with Gasteiger partial charge in [0.25, 0.3) is 0 Å². The smallest absolute Gasteiger partial charge is 0.142 e. The number of rotatable bonds is 7. The van der Waals surface area contributed by atoms with E-state index >= 15 is 0 Å². The SMILES string of the molecule is CCOc1ccccc1Nc1cc(NCc2ccncc2)nc(C)n1. The first-order valence-corrected chi connectivity index (χ1v) is 8.22. The van der Waals surface area contributed by atoms with Gasteiger partial charge in [0.1, 0.15) is 23.2 Å². The molecule has 25 heavy (non-hydrogen) atoms. The van der Waals surface area contributed by atoms with E-state index < -0.39 is 0 Å². The van der Waals surface area contributed by atoms with Crippen LogP contribution in [0.25, 0.3) is 0 Å². The molecule has 3 rings (SSSR count). The molecule has 6 heteroatoms. The van der Waals surface area contributed by atoms with Crippen molar-refractivity contribution in [3.63, 3.8) is 0 Å². The fourth-order valence-corrected chi connectivity index (χ4v) is 2.40. The van der Waals surface area contributed by atoms with Crippen molar-refractivity contribution >= 4 is 17.3 Å². The minimum atomic E-state index is 0.611. The molecule has 0 unspecified atom stereocenters. The number of ether oxygens (including phenoxy) is 1. The van der Waals surface area contributed by atoms with Crippen LogP contribution in [0.4, 0.5) is 17.3 Å². The molecule has 0 bridgehead atoms. The molecule has 0 atom stereocenters. The Hall–Kier alpha value is -3.15. The Bertz CT molecular complexity index is 823. The molecule has 3 aromatic rings. The molecule has 2 aromatic heterocycles. The fraction of sp³-hybridized carbons (Fsp3) is 0.211. The van der Waals surface area contributed by atoms with E-state index in [0.717, 1.165) is 28.6 Å². The maximum Gasteiger partial charge on any atom is 0.142 e. The van der Waals surface area contributed by atoms with E-state index in [-0.39, 0.29) is 0 Å². The number of para-hydroxylation sites is 2. The summed E-state index contributed by atoms with van der Waals surface area (Å²) in [6.45, 7) is 5.12. The molecule has 1 aromatic carbocycles. The zero-order chi connectivity index (χ0) is 17.5. The number of hydrogen-bond donors (Lipinski definition) is 2. The van der Waals surface area contributed by atoms with Crippen LogP contribution >= 0.6 is 0 Å². The van der Waals surface area contributed by atoms with E-state index in [1.54, 1.807) is 12.4 Å². The lowest BCUT2D eigenvalue weighted by molar-refractivity contribution is 0.342. The summed E-state index contributed by atoms with van der Waals surface area (Å²) in [7, 11) is 0. The van der Waals surface area contributed by atoms with Crippen LogP contribution in [0.5, 0.6) is 5.75 Å². The molecule has 128 valence electrons. The molecular weight excluding hydrogens is 314 g/mol. The van der Waals surface area contributed by atoms with Crippen LogP contribution in [0.15, 0.2) is 54.9 Å². The van der Waals surface area contributed by atoms with Gasteiger partial charge in [-0.3, -0.25) is 4.98 Å². The Labute approximate surface area is 147 Å². The average molecular weight is 335 g/mol. The highest BCUT2D eigenvalue weighted by molar-refractivity contribution is 5.65. The molecular formula is C19H21N5O. The Morgan fingerprint density at radius 3 is 2.56 bits per heavy atom.